The largest absolute Gasteiger partial charge is 0.495 e. The van der Waals surface area contributed by atoms with E-state index in [1.54, 1.807) is 7.11 Å². The molecule has 162 valence electrons. The third-order valence-corrected chi connectivity index (χ3v) is 5.53. The van der Waals surface area contributed by atoms with Crippen molar-refractivity contribution in [2.45, 2.75) is 18.7 Å². The lowest BCUT2D eigenvalue weighted by atomic mass is 10.0. The van der Waals surface area contributed by atoms with Crippen molar-refractivity contribution in [3.63, 3.8) is 0 Å². The van der Waals surface area contributed by atoms with Crippen LogP contribution >= 0.6 is 11.6 Å². The van der Waals surface area contributed by atoms with Gasteiger partial charge in [-0.25, -0.2) is 4.98 Å². The molecule has 3 aromatic rings. The Balaban J connectivity index is 1.47. The van der Waals surface area contributed by atoms with Crippen molar-refractivity contribution in [1.29, 1.82) is 0 Å². The number of pyridine rings is 1. The monoisotopic (exact) mass is 448 g/mol. The summed E-state index contributed by atoms with van der Waals surface area (Å²) in [5.74, 6) is 0.895. The van der Waals surface area contributed by atoms with Crippen LogP contribution in [0.4, 0.5) is 18.9 Å². The van der Waals surface area contributed by atoms with Gasteiger partial charge in [-0.15, -0.1) is 0 Å². The van der Waals surface area contributed by atoms with E-state index in [0.717, 1.165) is 42.0 Å². The molecule has 0 aliphatic carbocycles. The zero-order valence-corrected chi connectivity index (χ0v) is 17.5. The number of methoxy groups -OCH3 is 1. The highest BCUT2D eigenvalue weighted by molar-refractivity contribution is 6.33. The third-order valence-electron chi connectivity index (χ3n) is 5.20. The van der Waals surface area contributed by atoms with Crippen LogP contribution in [0, 0.1) is 0 Å². The highest BCUT2D eigenvalue weighted by Crippen LogP contribution is 2.37. The van der Waals surface area contributed by atoms with E-state index in [-0.39, 0.29) is 12.0 Å². The number of hydrogen-bond donors (Lipinski definition) is 0. The van der Waals surface area contributed by atoms with E-state index in [1.807, 2.05) is 42.5 Å². The molecule has 0 bridgehead atoms. The summed E-state index contributed by atoms with van der Waals surface area (Å²) < 4.78 is 49.5. The Morgan fingerprint density at radius 2 is 1.90 bits per heavy atom. The second-order valence-electron chi connectivity index (χ2n) is 7.22. The molecule has 1 aliphatic rings. The second kappa shape index (κ2) is 8.67. The Labute approximate surface area is 183 Å². The highest BCUT2D eigenvalue weighted by Gasteiger charge is 2.31. The molecule has 1 fully saturated rings. The van der Waals surface area contributed by atoms with Gasteiger partial charge in [0.2, 0.25) is 5.88 Å². The van der Waals surface area contributed by atoms with Crippen molar-refractivity contribution in [3.05, 3.63) is 71.4 Å². The Kier molecular flexibility index (Phi) is 5.96. The summed E-state index contributed by atoms with van der Waals surface area (Å²) in [6.45, 7) is 1.30. The van der Waals surface area contributed by atoms with Gasteiger partial charge in [-0.3, -0.25) is 0 Å². The average Bonchev–Trinajstić information content (AvgIpc) is 3.21. The molecule has 0 radical (unpaired) electrons. The van der Waals surface area contributed by atoms with E-state index in [1.165, 1.54) is 6.07 Å². The fourth-order valence-corrected chi connectivity index (χ4v) is 3.88. The van der Waals surface area contributed by atoms with Crippen molar-refractivity contribution >= 4 is 17.3 Å². The zero-order valence-electron chi connectivity index (χ0n) is 16.7. The van der Waals surface area contributed by atoms with Gasteiger partial charge in [0, 0.05) is 35.8 Å². The smallest absolute Gasteiger partial charge is 0.417 e. The van der Waals surface area contributed by atoms with Crippen molar-refractivity contribution in [3.8, 4) is 22.8 Å². The first kappa shape index (κ1) is 21.3. The Bertz CT molecular complexity index is 1060. The molecule has 2 aromatic carbocycles. The number of benzene rings is 2. The number of ether oxygens (including phenoxy) is 2. The van der Waals surface area contributed by atoms with Gasteiger partial charge in [0.15, 0.2) is 0 Å². The Morgan fingerprint density at radius 3 is 2.58 bits per heavy atom. The number of halogens is 4. The first-order chi connectivity index (χ1) is 14.8. The molecule has 1 aliphatic heterocycles. The quantitative estimate of drug-likeness (QED) is 0.473. The van der Waals surface area contributed by atoms with Crippen molar-refractivity contribution < 1.29 is 22.6 Å². The van der Waals surface area contributed by atoms with Gasteiger partial charge >= 0.3 is 6.18 Å². The van der Waals surface area contributed by atoms with Crippen LogP contribution in [0.15, 0.2) is 60.8 Å². The van der Waals surface area contributed by atoms with E-state index in [4.69, 9.17) is 21.1 Å². The lowest BCUT2D eigenvalue weighted by molar-refractivity contribution is -0.137. The number of aromatic nitrogens is 1. The summed E-state index contributed by atoms with van der Waals surface area (Å²) in [6, 6.07) is 15.8. The maximum Gasteiger partial charge on any atom is 0.417 e. The maximum absolute atomic E-state index is 12.7. The fourth-order valence-electron chi connectivity index (χ4n) is 3.63. The van der Waals surface area contributed by atoms with Crippen LogP contribution in [-0.2, 0) is 6.18 Å². The number of anilines is 1. The molecule has 1 saturated heterocycles. The molecule has 0 saturated carbocycles. The molecule has 1 aromatic heterocycles. The number of alkyl halides is 3. The molecule has 8 heteroatoms. The predicted octanol–water partition coefficient (Wildman–Crippen LogP) is 6.09. The molecule has 0 N–H and O–H groups in total. The van der Waals surface area contributed by atoms with Gasteiger partial charge in [0.25, 0.3) is 0 Å². The molecule has 2 heterocycles. The minimum atomic E-state index is -4.41. The number of rotatable bonds is 5. The van der Waals surface area contributed by atoms with E-state index in [9.17, 15) is 13.2 Å². The maximum atomic E-state index is 12.7. The van der Waals surface area contributed by atoms with E-state index in [2.05, 4.69) is 9.88 Å². The van der Waals surface area contributed by atoms with Gasteiger partial charge in [-0.05, 0) is 29.8 Å². The standard InChI is InChI=1S/C23H20ClF3N2O2/c1-30-21-12-15(18-4-2-3-5-19(18)24)6-8-20(21)29-11-10-17(14-29)31-22-9-7-16(13-28-22)23(25,26)27/h2-9,12-13,17H,10-11,14H2,1H3/t17-/m1/s1. The van der Waals surface area contributed by atoms with Crippen molar-refractivity contribution in [2.24, 2.45) is 0 Å². The number of nitrogens with zero attached hydrogens (tertiary/aromatic N) is 2. The summed E-state index contributed by atoms with van der Waals surface area (Å²) in [7, 11) is 1.62. The SMILES string of the molecule is COc1cc(-c2ccccc2Cl)ccc1N1CC[C@@H](Oc2ccc(C(F)(F)F)cn2)C1. The van der Waals surface area contributed by atoms with Gasteiger partial charge in [0.05, 0.1) is 24.9 Å². The molecule has 0 unspecified atom stereocenters. The Hall–Kier alpha value is -2.93. The zero-order chi connectivity index (χ0) is 22.0. The molecule has 4 rings (SSSR count). The first-order valence-electron chi connectivity index (χ1n) is 9.73. The molecule has 0 amide bonds. The molecule has 31 heavy (non-hydrogen) atoms. The third kappa shape index (κ3) is 4.71. The first-order valence-corrected chi connectivity index (χ1v) is 10.1. The number of hydrogen-bond acceptors (Lipinski definition) is 4. The van der Waals surface area contributed by atoms with Crippen LogP contribution in [0.5, 0.6) is 11.6 Å². The van der Waals surface area contributed by atoms with Crippen molar-refractivity contribution in [2.75, 3.05) is 25.1 Å². The topological polar surface area (TPSA) is 34.6 Å². The van der Waals surface area contributed by atoms with E-state index < -0.39 is 11.7 Å². The summed E-state index contributed by atoms with van der Waals surface area (Å²) >= 11 is 6.32. The molecule has 1 atom stereocenters. The van der Waals surface area contributed by atoms with Crippen LogP contribution in [0.3, 0.4) is 0 Å². The predicted molar refractivity (Wildman–Crippen MR) is 114 cm³/mol. The van der Waals surface area contributed by atoms with Crippen LogP contribution in [0.2, 0.25) is 5.02 Å². The summed E-state index contributed by atoms with van der Waals surface area (Å²) in [4.78, 5) is 5.92. The van der Waals surface area contributed by atoms with Gasteiger partial charge in [-0.2, -0.15) is 13.2 Å². The lowest BCUT2D eigenvalue weighted by Crippen LogP contribution is -2.25. The van der Waals surface area contributed by atoms with Crippen molar-refractivity contribution in [1.82, 2.24) is 4.98 Å². The lowest BCUT2D eigenvalue weighted by Gasteiger charge is -2.22. The van der Waals surface area contributed by atoms with E-state index in [0.29, 0.717) is 17.3 Å². The normalized spacial score (nSPS) is 16.4. The fraction of sp³-hybridized carbons (Fsp3) is 0.261. The molecule has 0 spiro atoms. The van der Waals surface area contributed by atoms with Gasteiger partial charge in [-0.1, -0.05) is 35.9 Å². The minimum absolute atomic E-state index is 0.181. The molecule has 4 nitrogen and oxygen atoms in total. The average molecular weight is 449 g/mol. The summed E-state index contributed by atoms with van der Waals surface area (Å²) in [5, 5.41) is 0.663. The van der Waals surface area contributed by atoms with Gasteiger partial charge < -0.3 is 14.4 Å². The Morgan fingerprint density at radius 1 is 1.10 bits per heavy atom. The van der Waals surface area contributed by atoms with Crippen LogP contribution in [-0.4, -0.2) is 31.3 Å². The van der Waals surface area contributed by atoms with Crippen LogP contribution in [0.25, 0.3) is 11.1 Å². The van der Waals surface area contributed by atoms with Crippen LogP contribution < -0.4 is 14.4 Å². The highest BCUT2D eigenvalue weighted by atomic mass is 35.5. The molecular weight excluding hydrogens is 429 g/mol. The second-order valence-corrected chi connectivity index (χ2v) is 7.63. The minimum Gasteiger partial charge on any atom is -0.495 e. The summed E-state index contributed by atoms with van der Waals surface area (Å²) in [5.41, 5.74) is 2.00. The van der Waals surface area contributed by atoms with E-state index >= 15 is 0 Å². The molecular formula is C23H20ClF3N2O2. The van der Waals surface area contributed by atoms with Crippen LogP contribution in [0.1, 0.15) is 12.0 Å². The summed E-state index contributed by atoms with van der Waals surface area (Å²) in [6.07, 6.45) is -3.09. The van der Waals surface area contributed by atoms with Gasteiger partial charge in [0.1, 0.15) is 11.9 Å².